The van der Waals surface area contributed by atoms with Crippen molar-refractivity contribution in [2.75, 3.05) is 4.72 Å². The van der Waals surface area contributed by atoms with Gasteiger partial charge in [-0.05, 0) is 57.0 Å². The topological polar surface area (TPSA) is 75.3 Å². The number of benzene rings is 2. The molecule has 0 saturated heterocycles. The molecule has 0 aliphatic heterocycles. The number of amides is 1. The molecular formula is C20H26N2O3S. The number of sulfonamides is 1. The molecule has 1 atom stereocenters. The predicted molar refractivity (Wildman–Crippen MR) is 105 cm³/mol. The standard InChI is InChI=1S/C20H26N2O3S/c1-5-7-15(3)21-20(23)18-8-6-9-19(16(18)4)22-26(24,25)17-12-10-14(2)11-13-17/h6,8-13,15,22H,5,7H2,1-4H3,(H,21,23)/t15-/m0/s1. The molecule has 0 bridgehead atoms. The summed E-state index contributed by atoms with van der Waals surface area (Å²) in [6, 6.07) is 11.7. The second kappa shape index (κ2) is 8.36. The Balaban J connectivity index is 2.26. The summed E-state index contributed by atoms with van der Waals surface area (Å²) in [5, 5.41) is 2.95. The number of aryl methyl sites for hydroxylation is 1. The molecule has 2 aromatic carbocycles. The highest BCUT2D eigenvalue weighted by Gasteiger charge is 2.18. The van der Waals surface area contributed by atoms with Gasteiger partial charge in [0.05, 0.1) is 10.6 Å². The first-order chi connectivity index (χ1) is 12.2. The SMILES string of the molecule is CCC[C@H](C)NC(=O)c1cccc(NS(=O)(=O)c2ccc(C)cc2)c1C. The smallest absolute Gasteiger partial charge is 0.261 e. The van der Waals surface area contributed by atoms with Gasteiger partial charge in [0.2, 0.25) is 0 Å². The van der Waals surface area contributed by atoms with Crippen LogP contribution in [0.25, 0.3) is 0 Å². The van der Waals surface area contributed by atoms with Gasteiger partial charge in [0.15, 0.2) is 0 Å². The van der Waals surface area contributed by atoms with Gasteiger partial charge >= 0.3 is 0 Å². The molecule has 2 rings (SSSR count). The maximum Gasteiger partial charge on any atom is 0.261 e. The molecule has 6 heteroatoms. The van der Waals surface area contributed by atoms with E-state index in [4.69, 9.17) is 0 Å². The fourth-order valence-corrected chi connectivity index (χ4v) is 3.84. The Bertz CT molecular complexity index is 874. The van der Waals surface area contributed by atoms with E-state index in [-0.39, 0.29) is 16.8 Å². The van der Waals surface area contributed by atoms with E-state index >= 15 is 0 Å². The summed E-state index contributed by atoms with van der Waals surface area (Å²) in [6.07, 6.45) is 1.88. The number of carbonyl (C=O) groups is 1. The van der Waals surface area contributed by atoms with Gasteiger partial charge in [-0.15, -0.1) is 0 Å². The number of carbonyl (C=O) groups excluding carboxylic acids is 1. The normalized spacial score (nSPS) is 12.5. The van der Waals surface area contributed by atoms with Gasteiger partial charge in [-0.3, -0.25) is 9.52 Å². The van der Waals surface area contributed by atoms with Crippen LogP contribution in [0.4, 0.5) is 5.69 Å². The van der Waals surface area contributed by atoms with E-state index in [1.54, 1.807) is 49.4 Å². The molecule has 2 aromatic rings. The van der Waals surface area contributed by atoms with Crippen LogP contribution in [0.3, 0.4) is 0 Å². The van der Waals surface area contributed by atoms with Gasteiger partial charge in [-0.2, -0.15) is 0 Å². The summed E-state index contributed by atoms with van der Waals surface area (Å²) in [6.45, 7) is 7.66. The molecule has 0 radical (unpaired) electrons. The lowest BCUT2D eigenvalue weighted by atomic mass is 10.1. The summed E-state index contributed by atoms with van der Waals surface area (Å²) in [5.41, 5.74) is 2.46. The van der Waals surface area contributed by atoms with Crippen molar-refractivity contribution in [3.05, 3.63) is 59.2 Å². The molecule has 26 heavy (non-hydrogen) atoms. The molecule has 0 spiro atoms. The van der Waals surface area contributed by atoms with Crippen molar-refractivity contribution in [1.29, 1.82) is 0 Å². The van der Waals surface area contributed by atoms with Crippen LogP contribution in [0.5, 0.6) is 0 Å². The van der Waals surface area contributed by atoms with Gasteiger partial charge < -0.3 is 5.32 Å². The Labute approximate surface area is 155 Å². The number of anilines is 1. The number of hydrogen-bond donors (Lipinski definition) is 2. The van der Waals surface area contributed by atoms with E-state index in [0.717, 1.165) is 18.4 Å². The largest absolute Gasteiger partial charge is 0.350 e. The zero-order chi connectivity index (χ0) is 19.3. The highest BCUT2D eigenvalue weighted by molar-refractivity contribution is 7.92. The van der Waals surface area contributed by atoms with Crippen molar-refractivity contribution in [2.45, 2.75) is 51.5 Å². The van der Waals surface area contributed by atoms with Crippen LogP contribution in [-0.4, -0.2) is 20.4 Å². The summed E-state index contributed by atoms with van der Waals surface area (Å²) in [4.78, 5) is 12.7. The average Bonchev–Trinajstić information content (AvgIpc) is 2.57. The fourth-order valence-electron chi connectivity index (χ4n) is 2.72. The van der Waals surface area contributed by atoms with Crippen molar-refractivity contribution in [3.63, 3.8) is 0 Å². The molecule has 0 fully saturated rings. The molecule has 0 aliphatic carbocycles. The lowest BCUT2D eigenvalue weighted by molar-refractivity contribution is 0.0937. The zero-order valence-corrected chi connectivity index (χ0v) is 16.5. The first-order valence-corrected chi connectivity index (χ1v) is 10.2. The molecule has 0 saturated carbocycles. The van der Waals surface area contributed by atoms with Crippen LogP contribution in [0.15, 0.2) is 47.4 Å². The van der Waals surface area contributed by atoms with Crippen LogP contribution in [0.2, 0.25) is 0 Å². The first-order valence-electron chi connectivity index (χ1n) is 8.74. The summed E-state index contributed by atoms with van der Waals surface area (Å²) >= 11 is 0. The van der Waals surface area contributed by atoms with E-state index in [1.807, 2.05) is 13.8 Å². The van der Waals surface area contributed by atoms with E-state index in [0.29, 0.717) is 16.8 Å². The van der Waals surface area contributed by atoms with Crippen molar-refractivity contribution in [1.82, 2.24) is 5.32 Å². The Hall–Kier alpha value is -2.34. The zero-order valence-electron chi connectivity index (χ0n) is 15.7. The van der Waals surface area contributed by atoms with Gasteiger partial charge in [-0.25, -0.2) is 8.42 Å². The second-order valence-electron chi connectivity index (χ2n) is 6.56. The Kier molecular flexibility index (Phi) is 6.42. The monoisotopic (exact) mass is 374 g/mol. The Morgan fingerprint density at radius 3 is 2.35 bits per heavy atom. The number of nitrogens with one attached hydrogen (secondary N) is 2. The van der Waals surface area contributed by atoms with E-state index in [9.17, 15) is 13.2 Å². The average molecular weight is 375 g/mol. The maximum absolute atomic E-state index is 12.6. The molecule has 0 unspecified atom stereocenters. The van der Waals surface area contributed by atoms with Gasteiger partial charge in [-0.1, -0.05) is 37.1 Å². The van der Waals surface area contributed by atoms with Crippen LogP contribution < -0.4 is 10.0 Å². The number of rotatable bonds is 7. The third-order valence-electron chi connectivity index (χ3n) is 4.25. The highest BCUT2D eigenvalue weighted by Crippen LogP contribution is 2.23. The minimum Gasteiger partial charge on any atom is -0.350 e. The van der Waals surface area contributed by atoms with Crippen LogP contribution >= 0.6 is 0 Å². The Morgan fingerprint density at radius 2 is 1.73 bits per heavy atom. The van der Waals surface area contributed by atoms with E-state index in [2.05, 4.69) is 17.0 Å². The first kappa shape index (κ1) is 20.0. The quantitative estimate of drug-likeness (QED) is 0.768. The minimum atomic E-state index is -3.71. The summed E-state index contributed by atoms with van der Waals surface area (Å²) < 4.78 is 27.8. The molecule has 1 amide bonds. The molecule has 140 valence electrons. The highest BCUT2D eigenvalue weighted by atomic mass is 32.2. The second-order valence-corrected chi connectivity index (χ2v) is 8.24. The van der Waals surface area contributed by atoms with E-state index in [1.165, 1.54) is 0 Å². The minimum absolute atomic E-state index is 0.0693. The lowest BCUT2D eigenvalue weighted by Crippen LogP contribution is -2.33. The van der Waals surface area contributed by atoms with Crippen molar-refractivity contribution >= 4 is 21.6 Å². The molecule has 2 N–H and O–H groups in total. The summed E-state index contributed by atoms with van der Waals surface area (Å²) in [7, 11) is -3.71. The fraction of sp³-hybridized carbons (Fsp3) is 0.350. The van der Waals surface area contributed by atoms with Gasteiger partial charge in [0.1, 0.15) is 0 Å². The van der Waals surface area contributed by atoms with Crippen molar-refractivity contribution < 1.29 is 13.2 Å². The van der Waals surface area contributed by atoms with Crippen molar-refractivity contribution in [3.8, 4) is 0 Å². The molecule has 0 aromatic heterocycles. The molecule has 0 aliphatic rings. The predicted octanol–water partition coefficient (Wildman–Crippen LogP) is 4.02. The molecule has 5 nitrogen and oxygen atoms in total. The third-order valence-corrected chi connectivity index (χ3v) is 5.63. The van der Waals surface area contributed by atoms with Gasteiger partial charge in [0, 0.05) is 11.6 Å². The molecule has 0 heterocycles. The third kappa shape index (κ3) is 4.85. The van der Waals surface area contributed by atoms with Crippen LogP contribution in [-0.2, 0) is 10.0 Å². The lowest BCUT2D eigenvalue weighted by Gasteiger charge is -2.16. The van der Waals surface area contributed by atoms with Crippen molar-refractivity contribution in [2.24, 2.45) is 0 Å². The van der Waals surface area contributed by atoms with Crippen LogP contribution in [0.1, 0.15) is 48.2 Å². The van der Waals surface area contributed by atoms with Gasteiger partial charge in [0.25, 0.3) is 15.9 Å². The summed E-state index contributed by atoms with van der Waals surface area (Å²) in [5.74, 6) is -0.195. The maximum atomic E-state index is 12.6. The molecular weight excluding hydrogens is 348 g/mol. The Morgan fingerprint density at radius 1 is 1.08 bits per heavy atom. The van der Waals surface area contributed by atoms with Crippen LogP contribution in [0, 0.1) is 13.8 Å². The number of hydrogen-bond acceptors (Lipinski definition) is 3. The van der Waals surface area contributed by atoms with E-state index < -0.39 is 10.0 Å².